The van der Waals surface area contributed by atoms with Crippen LogP contribution in [0, 0.1) is 6.92 Å². The molecular formula is C34H35N3O7S. The molecule has 0 N–H and O–H groups in total. The molecule has 0 radical (unpaired) electrons. The molecule has 5 rings (SSSR count). The fraction of sp³-hybridized carbons (Fsp3) is 0.294. The average Bonchev–Trinajstić information content (AvgIpc) is 3.48. The van der Waals surface area contributed by atoms with Crippen molar-refractivity contribution in [1.29, 1.82) is 0 Å². The first-order valence-corrected chi connectivity index (χ1v) is 15.4. The first kappa shape index (κ1) is 31.5. The van der Waals surface area contributed by atoms with E-state index in [1.165, 1.54) is 23.0 Å². The number of methoxy groups -OCH3 is 1. The summed E-state index contributed by atoms with van der Waals surface area (Å²) in [7, 11) is 1.28. The van der Waals surface area contributed by atoms with Gasteiger partial charge in [-0.15, -0.1) is 6.58 Å². The zero-order valence-electron chi connectivity index (χ0n) is 25.9. The second-order valence-electron chi connectivity index (χ2n) is 10.2. The zero-order chi connectivity index (χ0) is 32.2. The number of aromatic nitrogens is 2. The summed E-state index contributed by atoms with van der Waals surface area (Å²) in [6.45, 7) is 12.0. The summed E-state index contributed by atoms with van der Waals surface area (Å²) in [5.41, 5.74) is 3.99. The normalized spacial score (nSPS) is 14.6. The highest BCUT2D eigenvalue weighted by molar-refractivity contribution is 7.07. The molecule has 4 aromatic rings. The Bertz CT molecular complexity index is 2010. The highest BCUT2D eigenvalue weighted by Gasteiger charge is 2.34. The third kappa shape index (κ3) is 5.95. The topological polar surface area (TPSA) is 110 Å². The number of carbonyl (C=O) groups is 2. The number of para-hydroxylation sites is 1. The van der Waals surface area contributed by atoms with Crippen LogP contribution in [0.25, 0.3) is 17.0 Å². The molecule has 0 aliphatic carbocycles. The number of carbonyl (C=O) groups excluding carboxylic acids is 2. The maximum atomic E-state index is 14.3. The summed E-state index contributed by atoms with van der Waals surface area (Å²) in [6.07, 6.45) is 3.75. The predicted molar refractivity (Wildman–Crippen MR) is 172 cm³/mol. The Morgan fingerprint density at radius 1 is 1.07 bits per heavy atom. The molecule has 1 aliphatic heterocycles. The van der Waals surface area contributed by atoms with Crippen LogP contribution < -0.4 is 24.4 Å². The van der Waals surface area contributed by atoms with Crippen molar-refractivity contribution in [2.45, 2.75) is 40.3 Å². The molecule has 0 amide bonds. The fourth-order valence-electron chi connectivity index (χ4n) is 5.52. The molecule has 0 spiro atoms. The van der Waals surface area contributed by atoms with Gasteiger partial charge in [0.25, 0.3) is 5.56 Å². The van der Waals surface area contributed by atoms with E-state index in [1.807, 2.05) is 50.3 Å². The van der Waals surface area contributed by atoms with Crippen LogP contribution >= 0.6 is 11.3 Å². The van der Waals surface area contributed by atoms with E-state index < -0.39 is 18.0 Å². The standard InChI is InChI=1S/C34H35N3O7S/c1-7-16-36-21(5)24(23-12-10-11-13-25(23)36)18-28-32(39)37-31(30(33(40)43-9-3)20(4)35-34(37)45-28)22-14-15-26(27(17-22)42-8-2)44-19-29(38)41-6/h7,10-15,17-18,31H,1,8-9,16,19H2,2-6H3/b28-18-/t31-/m0/s1. The van der Waals surface area contributed by atoms with Gasteiger partial charge in [-0.2, -0.15) is 0 Å². The first-order chi connectivity index (χ1) is 21.7. The smallest absolute Gasteiger partial charge is 0.343 e. The number of fused-ring (bicyclic) bond motifs is 2. The maximum Gasteiger partial charge on any atom is 0.343 e. The van der Waals surface area contributed by atoms with Crippen LogP contribution in [-0.4, -0.2) is 48.0 Å². The summed E-state index contributed by atoms with van der Waals surface area (Å²) in [5.74, 6) is -0.433. The van der Waals surface area contributed by atoms with Gasteiger partial charge in [-0.1, -0.05) is 41.7 Å². The van der Waals surface area contributed by atoms with Gasteiger partial charge in [0, 0.05) is 28.7 Å². The van der Waals surface area contributed by atoms with Gasteiger partial charge in [-0.3, -0.25) is 9.36 Å². The highest BCUT2D eigenvalue weighted by atomic mass is 32.1. The summed E-state index contributed by atoms with van der Waals surface area (Å²) in [4.78, 5) is 44.5. The lowest BCUT2D eigenvalue weighted by Gasteiger charge is -2.25. The van der Waals surface area contributed by atoms with Crippen molar-refractivity contribution in [2.24, 2.45) is 4.99 Å². The van der Waals surface area contributed by atoms with Crippen molar-refractivity contribution < 1.29 is 28.5 Å². The number of hydrogen-bond donors (Lipinski definition) is 0. The van der Waals surface area contributed by atoms with Gasteiger partial charge in [0.05, 0.1) is 42.2 Å². The lowest BCUT2D eigenvalue weighted by molar-refractivity contribution is -0.143. The van der Waals surface area contributed by atoms with Crippen LogP contribution in [0.4, 0.5) is 0 Å². The Balaban J connectivity index is 1.72. The first-order valence-electron chi connectivity index (χ1n) is 14.6. The van der Waals surface area contributed by atoms with E-state index in [0.717, 1.165) is 22.2 Å². The molecule has 2 aromatic carbocycles. The fourth-order valence-corrected chi connectivity index (χ4v) is 6.55. The largest absolute Gasteiger partial charge is 0.490 e. The van der Waals surface area contributed by atoms with Gasteiger partial charge in [-0.25, -0.2) is 14.6 Å². The summed E-state index contributed by atoms with van der Waals surface area (Å²) in [6, 6.07) is 12.3. The third-order valence-electron chi connectivity index (χ3n) is 7.54. The van der Waals surface area contributed by atoms with Crippen LogP contribution in [0.3, 0.4) is 0 Å². The van der Waals surface area contributed by atoms with E-state index in [1.54, 1.807) is 32.0 Å². The Morgan fingerprint density at radius 2 is 1.84 bits per heavy atom. The number of esters is 2. The van der Waals surface area contributed by atoms with E-state index in [9.17, 15) is 14.4 Å². The number of hydrogen-bond acceptors (Lipinski definition) is 9. The molecule has 11 heteroatoms. The van der Waals surface area contributed by atoms with E-state index >= 15 is 0 Å². The Labute approximate surface area is 264 Å². The molecule has 234 valence electrons. The third-order valence-corrected chi connectivity index (χ3v) is 8.52. The molecule has 0 fully saturated rings. The van der Waals surface area contributed by atoms with Gasteiger partial charge < -0.3 is 23.5 Å². The molecule has 1 aliphatic rings. The molecule has 0 bridgehead atoms. The van der Waals surface area contributed by atoms with Crippen molar-refractivity contribution in [3.05, 3.63) is 103 Å². The van der Waals surface area contributed by atoms with Gasteiger partial charge in [-0.05, 0) is 57.5 Å². The predicted octanol–water partition coefficient (Wildman–Crippen LogP) is 4.20. The van der Waals surface area contributed by atoms with Crippen molar-refractivity contribution in [3.8, 4) is 11.5 Å². The molecule has 2 aromatic heterocycles. The number of rotatable bonds is 11. The lowest BCUT2D eigenvalue weighted by atomic mass is 9.95. The molecule has 45 heavy (non-hydrogen) atoms. The Morgan fingerprint density at radius 3 is 2.56 bits per heavy atom. The quantitative estimate of drug-likeness (QED) is 0.181. The van der Waals surface area contributed by atoms with Crippen LogP contribution in [0.15, 0.2) is 76.2 Å². The van der Waals surface area contributed by atoms with Crippen molar-refractivity contribution >= 4 is 40.3 Å². The van der Waals surface area contributed by atoms with Gasteiger partial charge >= 0.3 is 11.9 Å². The van der Waals surface area contributed by atoms with Crippen LogP contribution in [-0.2, 0) is 25.6 Å². The van der Waals surface area contributed by atoms with Crippen molar-refractivity contribution in [3.63, 3.8) is 0 Å². The average molecular weight is 630 g/mol. The van der Waals surface area contributed by atoms with Gasteiger partial charge in [0.15, 0.2) is 22.9 Å². The minimum absolute atomic E-state index is 0.158. The molecule has 0 unspecified atom stereocenters. The SMILES string of the molecule is C=CCn1c(C)c(/C=c2\sc3n(c2=O)[C@@H](c2ccc(OCC(=O)OC)c(OCC)c2)C(C(=O)OCC)=C(C)N=3)c2ccccc21. The lowest BCUT2D eigenvalue weighted by Crippen LogP contribution is -2.40. The number of thiazole rings is 1. The van der Waals surface area contributed by atoms with E-state index in [0.29, 0.717) is 45.2 Å². The van der Waals surface area contributed by atoms with Crippen molar-refractivity contribution in [1.82, 2.24) is 9.13 Å². The van der Waals surface area contributed by atoms with E-state index in [4.69, 9.17) is 19.2 Å². The monoisotopic (exact) mass is 629 g/mol. The zero-order valence-corrected chi connectivity index (χ0v) is 26.7. The second kappa shape index (κ2) is 13.4. The maximum absolute atomic E-state index is 14.3. The summed E-state index contributed by atoms with van der Waals surface area (Å²) >= 11 is 1.26. The molecule has 10 nitrogen and oxygen atoms in total. The van der Waals surface area contributed by atoms with Crippen LogP contribution in [0.2, 0.25) is 0 Å². The van der Waals surface area contributed by atoms with Crippen LogP contribution in [0.5, 0.6) is 11.5 Å². The summed E-state index contributed by atoms with van der Waals surface area (Å²) in [5, 5.41) is 1.02. The van der Waals surface area contributed by atoms with Crippen molar-refractivity contribution in [2.75, 3.05) is 26.9 Å². The molecular weight excluding hydrogens is 594 g/mol. The number of allylic oxidation sites excluding steroid dienone is 2. The molecule has 0 saturated heterocycles. The minimum Gasteiger partial charge on any atom is -0.490 e. The number of ether oxygens (including phenoxy) is 4. The van der Waals surface area contributed by atoms with Gasteiger partial charge in [0.1, 0.15) is 0 Å². The number of benzene rings is 2. The molecule has 1 atom stereocenters. The van der Waals surface area contributed by atoms with Gasteiger partial charge in [0.2, 0.25) is 0 Å². The van der Waals surface area contributed by atoms with Crippen LogP contribution in [0.1, 0.15) is 43.6 Å². The highest BCUT2D eigenvalue weighted by Crippen LogP contribution is 2.36. The minimum atomic E-state index is -0.848. The Hall–Kier alpha value is -4.90. The summed E-state index contributed by atoms with van der Waals surface area (Å²) < 4.78 is 25.8. The van der Waals surface area contributed by atoms with E-state index in [-0.39, 0.29) is 24.3 Å². The van der Waals surface area contributed by atoms with E-state index in [2.05, 4.69) is 15.9 Å². The Kier molecular flexibility index (Phi) is 9.38. The number of nitrogens with zero attached hydrogens (tertiary/aromatic N) is 3. The molecule has 0 saturated carbocycles. The second-order valence-corrected chi connectivity index (χ2v) is 11.2. The molecule has 3 heterocycles.